The molecule has 0 aliphatic carbocycles. The predicted octanol–water partition coefficient (Wildman–Crippen LogP) is 6.44. The zero-order chi connectivity index (χ0) is 48.7. The Hall–Kier alpha value is 0.803. The van der Waals surface area contributed by atoms with E-state index in [1.165, 1.54) is 109 Å². The predicted molar refractivity (Wildman–Crippen MR) is 250 cm³/mol. The van der Waals surface area contributed by atoms with E-state index in [9.17, 15) is 46.6 Å². The van der Waals surface area contributed by atoms with Crippen molar-refractivity contribution in [1.29, 1.82) is 0 Å². The standard InChI is InChI=1S/2C6H10O2.C4H12O5P2.2C4H8O2.C3H10O5P2.C3H10O4P2.3CH3.2H2O.3Ti/c2*1-5(7)4-6(2)8-3;1-7-10(3,5)9-11(4,6)8-2;2*1-3(5)4(2)6;1-7-10(3,6)8-9(2,4)5;1-8(2,4)7-9(3,5)6;;;;;;;;/h2*4H,1-3H3;1-4H3;2*3,5H,1-2H3;1-3H3,(H,4,5);1-3H3,(H,5,6);3*1H3;2*1H2;;;/q;;;;;;;3*-1;;;;;+2/b2*6-4-;;;;;;;;;;;;;. The maximum absolute atomic E-state index is 11.1. The van der Waals surface area contributed by atoms with Gasteiger partial charge >= 0.3 is 59.7 Å². The number of allylic oxidation sites excluding steroid dienone is 4. The maximum Gasteiger partial charge on any atom is 2.00 e. The van der Waals surface area contributed by atoms with Crippen LogP contribution in [0.4, 0.5) is 0 Å². The van der Waals surface area contributed by atoms with E-state index in [1.807, 2.05) is 0 Å². The van der Waals surface area contributed by atoms with Gasteiger partial charge in [-0.2, -0.15) is 0 Å². The van der Waals surface area contributed by atoms with Crippen molar-refractivity contribution in [1.82, 2.24) is 0 Å². The van der Waals surface area contributed by atoms with Gasteiger partial charge in [0.05, 0.1) is 25.7 Å². The number of carbonyl (C=O) groups is 4. The molecule has 8 N–H and O–H groups in total. The van der Waals surface area contributed by atoms with E-state index in [0.717, 1.165) is 27.1 Å². The Bertz CT molecular complexity index is 1480. The van der Waals surface area contributed by atoms with Crippen LogP contribution in [0.25, 0.3) is 0 Å². The number of aliphatic hydroxyl groups is 2. The average Bonchev–Trinajstić information content (AvgIpc) is 2.98. The smallest absolute Gasteiger partial charge is 0.501 e. The molecule has 24 nitrogen and oxygen atoms in total. The minimum absolute atomic E-state index is 0. The molecule has 0 aliphatic heterocycles. The van der Waals surface area contributed by atoms with Gasteiger partial charge in [-0.15, -0.1) is 0 Å². The van der Waals surface area contributed by atoms with Crippen LogP contribution in [0, 0.1) is 22.3 Å². The van der Waals surface area contributed by atoms with Crippen LogP contribution in [0.2, 0.25) is 0 Å². The molecule has 0 amide bonds. The third-order valence-electron chi connectivity index (χ3n) is 4.57. The third kappa shape index (κ3) is 115. The molecular formula is C33H81O24P6Ti3-. The fraction of sp³-hybridized carbons (Fsp3) is 0.667. The van der Waals surface area contributed by atoms with E-state index in [-0.39, 0.29) is 122 Å². The summed E-state index contributed by atoms with van der Waals surface area (Å²) in [5, 5.41) is 16.6. The fourth-order valence-electron chi connectivity index (χ4n) is 1.70. The van der Waals surface area contributed by atoms with Crippen molar-refractivity contribution in [2.24, 2.45) is 0 Å². The molecule has 0 spiro atoms. The van der Waals surface area contributed by atoms with Gasteiger partial charge in [-0.1, -0.05) is 0 Å². The van der Waals surface area contributed by atoms with Crippen LogP contribution >= 0.6 is 45.3 Å². The molecule has 0 aliphatic rings. The normalized spacial score (nSPS) is 15.0. The second kappa shape index (κ2) is 55.1. The minimum atomic E-state index is -3.69. The SMILES string of the molecule is CC(=O)C(C)O.CC(=O)C(C)O.CO/C(C)=C\C(C)=O.CO/C(C)=C\C(C)=O.COP(C)(=O)OP(C)(=O)O.COP(C)(=O)OP(C)(=O)OC.CP(C)(=O)OP(C)(=O)O.O.O.[CH3-].[CH3-].[CH3-].[Ti+2].[Ti].[Ti]. The number of methoxy groups -OCH3 is 2. The van der Waals surface area contributed by atoms with E-state index < -0.39 is 57.6 Å². The quantitative estimate of drug-likeness (QED) is 0.0450. The molecule has 7 atom stereocenters. The van der Waals surface area contributed by atoms with E-state index in [0.29, 0.717) is 11.5 Å². The molecule has 0 saturated heterocycles. The molecule has 33 heteroatoms. The second-order valence-electron chi connectivity index (χ2n) is 11.7. The summed E-state index contributed by atoms with van der Waals surface area (Å²) in [6, 6.07) is 0. The maximum atomic E-state index is 11.1. The van der Waals surface area contributed by atoms with Crippen LogP contribution < -0.4 is 0 Å². The molecule has 7 unspecified atom stereocenters. The second-order valence-corrected chi connectivity index (χ2v) is 25.1. The molecule has 0 saturated carbocycles. The number of ketones is 4. The van der Waals surface area contributed by atoms with Crippen molar-refractivity contribution in [3.63, 3.8) is 0 Å². The van der Waals surface area contributed by atoms with Crippen LogP contribution in [0.3, 0.4) is 0 Å². The molecule has 0 bridgehead atoms. The first-order valence-corrected chi connectivity index (χ1v) is 28.5. The van der Waals surface area contributed by atoms with E-state index in [1.54, 1.807) is 13.8 Å². The Morgan fingerprint density at radius 1 is 0.470 bits per heavy atom. The molecule has 66 heavy (non-hydrogen) atoms. The summed E-state index contributed by atoms with van der Waals surface area (Å²) in [5.41, 5.74) is 0. The number of carbonyl (C=O) groups excluding carboxylic acids is 4. The molecular weight excluding hydrogens is 1110 g/mol. The van der Waals surface area contributed by atoms with Gasteiger partial charge in [-0.25, -0.2) is 8.62 Å². The number of ether oxygens (including phenoxy) is 2. The molecule has 400 valence electrons. The Morgan fingerprint density at radius 3 is 0.712 bits per heavy atom. The molecule has 0 aromatic carbocycles. The van der Waals surface area contributed by atoms with E-state index >= 15 is 0 Å². The van der Waals surface area contributed by atoms with Crippen molar-refractivity contribution < 1.29 is 179 Å². The summed E-state index contributed by atoms with van der Waals surface area (Å²) in [5.74, 6) is 0.966. The molecule has 0 radical (unpaired) electrons. The van der Waals surface area contributed by atoms with Crippen LogP contribution in [-0.4, -0.2) is 148 Å². The van der Waals surface area contributed by atoms with Crippen molar-refractivity contribution in [2.75, 3.05) is 82.2 Å². The van der Waals surface area contributed by atoms with Crippen LogP contribution in [0.5, 0.6) is 0 Å². The van der Waals surface area contributed by atoms with Crippen LogP contribution in [0.1, 0.15) is 55.4 Å². The van der Waals surface area contributed by atoms with Crippen molar-refractivity contribution in [3.8, 4) is 0 Å². The topological polar surface area (TPSA) is 388 Å². The molecule has 0 heterocycles. The minimum Gasteiger partial charge on any atom is -0.501 e. The Labute approximate surface area is 439 Å². The van der Waals surface area contributed by atoms with Crippen molar-refractivity contribution >= 4 is 68.5 Å². The first-order chi connectivity index (χ1) is 25.4. The number of hydrogen-bond donors (Lipinski definition) is 4. The van der Waals surface area contributed by atoms with Gasteiger partial charge in [0.15, 0.2) is 23.1 Å². The zero-order valence-electron chi connectivity index (χ0n) is 42.6. The summed E-state index contributed by atoms with van der Waals surface area (Å²) in [6.45, 7) is 20.2. The summed E-state index contributed by atoms with van der Waals surface area (Å²) < 4.78 is 100. The number of hydrogen-bond acceptors (Lipinski definition) is 20. The molecule has 0 aromatic rings. The van der Waals surface area contributed by atoms with Gasteiger partial charge in [-0.3, -0.25) is 50.9 Å². The third-order valence-corrected chi connectivity index (χ3v) is 14.1. The summed E-state index contributed by atoms with van der Waals surface area (Å²) in [6.07, 6.45) is 1.31. The number of aliphatic hydroxyl groups excluding tert-OH is 2. The van der Waals surface area contributed by atoms with Gasteiger partial charge in [0, 0.05) is 124 Å². The first-order valence-electron chi connectivity index (χ1n) is 15.9. The van der Waals surface area contributed by atoms with Crippen LogP contribution in [0.15, 0.2) is 23.7 Å². The van der Waals surface area contributed by atoms with Crippen molar-refractivity contribution in [3.05, 3.63) is 46.0 Å². The Kier molecular flexibility index (Phi) is 90.0. The van der Waals surface area contributed by atoms with Gasteiger partial charge < -0.3 is 76.3 Å². The molecule has 0 aromatic heterocycles. The van der Waals surface area contributed by atoms with Crippen LogP contribution in [-0.2, 0) is 148 Å². The number of rotatable bonds is 15. The van der Waals surface area contributed by atoms with Gasteiger partial charge in [0.25, 0.3) is 0 Å². The van der Waals surface area contributed by atoms with E-state index in [4.69, 9.17) is 29.5 Å². The Balaban J connectivity index is -0.0000000350. The largest absolute Gasteiger partial charge is 2.00 e. The van der Waals surface area contributed by atoms with Gasteiger partial charge in [0.2, 0.25) is 7.37 Å². The monoisotopic (exact) mass is 1190 g/mol. The first kappa shape index (κ1) is 108. The van der Waals surface area contributed by atoms with Gasteiger partial charge in [-0.05, 0) is 55.4 Å². The summed E-state index contributed by atoms with van der Waals surface area (Å²) in [4.78, 5) is 57.4. The molecule has 0 rings (SSSR count). The fourth-order valence-corrected chi connectivity index (χ4v) is 9.78. The molecule has 0 fully saturated rings. The average molecular weight is 1190 g/mol. The Morgan fingerprint density at radius 2 is 0.652 bits per heavy atom. The zero-order valence-corrected chi connectivity index (χ0v) is 52.7. The summed E-state index contributed by atoms with van der Waals surface area (Å²) >= 11 is 0. The number of Topliss-reactive ketones (excluding diaryl/α,β-unsaturated/α-hetero) is 2. The summed E-state index contributed by atoms with van der Waals surface area (Å²) in [7, 11) is -13.1. The van der Waals surface area contributed by atoms with Gasteiger partial charge in [0.1, 0.15) is 12.2 Å². The van der Waals surface area contributed by atoms with Crippen molar-refractivity contribution in [2.45, 2.75) is 67.6 Å². The van der Waals surface area contributed by atoms with E-state index in [2.05, 4.69) is 26.5 Å².